The van der Waals surface area contributed by atoms with Crippen molar-refractivity contribution in [3.8, 4) is 11.5 Å². The third-order valence-corrected chi connectivity index (χ3v) is 4.15. The van der Waals surface area contributed by atoms with Crippen LogP contribution in [0.1, 0.15) is 35.9 Å². The molecule has 2 aromatic rings. The van der Waals surface area contributed by atoms with Gasteiger partial charge in [-0.25, -0.2) is 0 Å². The maximum absolute atomic E-state index is 10.5. The fourth-order valence-electron chi connectivity index (χ4n) is 2.55. The molecule has 1 aromatic heterocycles. The highest BCUT2D eigenvalue weighted by atomic mass is 16.5. The minimum Gasteiger partial charge on any atom is -0.497 e. The van der Waals surface area contributed by atoms with Crippen molar-refractivity contribution in [3.63, 3.8) is 0 Å². The van der Waals surface area contributed by atoms with Gasteiger partial charge < -0.3 is 19.9 Å². The standard InChI is InChI=1S/C17H25N3O3/c1-11(15-9-19-20(3)12(15)2)18-10-16(21)14-8-13(22-4)6-7-17(14)23-5/h6-9,11,16,18,21H,10H2,1-5H3. The first-order chi connectivity index (χ1) is 11.0. The Morgan fingerprint density at radius 3 is 2.57 bits per heavy atom. The van der Waals surface area contributed by atoms with E-state index in [1.165, 1.54) is 0 Å². The predicted molar refractivity (Wildman–Crippen MR) is 88.9 cm³/mol. The summed E-state index contributed by atoms with van der Waals surface area (Å²) in [5, 5.41) is 18.1. The highest BCUT2D eigenvalue weighted by molar-refractivity contribution is 5.41. The van der Waals surface area contributed by atoms with Crippen LogP contribution in [0.15, 0.2) is 24.4 Å². The molecule has 2 N–H and O–H groups in total. The van der Waals surface area contributed by atoms with Gasteiger partial charge in [-0.2, -0.15) is 5.10 Å². The summed E-state index contributed by atoms with van der Waals surface area (Å²) in [5.41, 5.74) is 2.94. The van der Waals surface area contributed by atoms with Crippen LogP contribution >= 0.6 is 0 Å². The van der Waals surface area contributed by atoms with Crippen LogP contribution in [0.5, 0.6) is 11.5 Å². The molecular weight excluding hydrogens is 294 g/mol. The molecule has 1 aromatic carbocycles. The molecule has 6 heteroatoms. The Kier molecular flexibility index (Phi) is 5.63. The molecule has 2 atom stereocenters. The topological polar surface area (TPSA) is 68.5 Å². The van der Waals surface area contributed by atoms with E-state index in [4.69, 9.17) is 9.47 Å². The number of hydrogen-bond acceptors (Lipinski definition) is 5. The first-order valence-electron chi connectivity index (χ1n) is 7.59. The number of aromatic nitrogens is 2. The van der Waals surface area contributed by atoms with E-state index in [-0.39, 0.29) is 6.04 Å². The number of methoxy groups -OCH3 is 2. The Morgan fingerprint density at radius 2 is 2.00 bits per heavy atom. The second kappa shape index (κ2) is 7.48. The Morgan fingerprint density at radius 1 is 1.26 bits per heavy atom. The first kappa shape index (κ1) is 17.3. The van der Waals surface area contributed by atoms with E-state index in [2.05, 4.69) is 17.3 Å². The Balaban J connectivity index is 2.07. The number of hydrogen-bond donors (Lipinski definition) is 2. The summed E-state index contributed by atoms with van der Waals surface area (Å²) in [4.78, 5) is 0. The minimum absolute atomic E-state index is 0.0925. The molecule has 6 nitrogen and oxygen atoms in total. The third kappa shape index (κ3) is 3.83. The summed E-state index contributed by atoms with van der Waals surface area (Å²) in [7, 11) is 5.11. The van der Waals surface area contributed by atoms with Crippen molar-refractivity contribution < 1.29 is 14.6 Å². The molecule has 0 aliphatic rings. The van der Waals surface area contributed by atoms with Crippen LogP contribution in [0.4, 0.5) is 0 Å². The van der Waals surface area contributed by atoms with Crippen molar-refractivity contribution in [1.82, 2.24) is 15.1 Å². The molecular formula is C17H25N3O3. The van der Waals surface area contributed by atoms with E-state index < -0.39 is 6.10 Å². The van der Waals surface area contributed by atoms with Gasteiger partial charge in [0.25, 0.3) is 0 Å². The summed E-state index contributed by atoms with van der Waals surface area (Å²) >= 11 is 0. The van der Waals surface area contributed by atoms with Gasteiger partial charge in [0, 0.05) is 36.5 Å². The third-order valence-electron chi connectivity index (χ3n) is 4.15. The van der Waals surface area contributed by atoms with E-state index in [1.807, 2.05) is 30.9 Å². The summed E-state index contributed by atoms with van der Waals surface area (Å²) < 4.78 is 12.4. The number of aliphatic hydroxyl groups excluding tert-OH is 1. The van der Waals surface area contributed by atoms with Gasteiger partial charge in [0.1, 0.15) is 11.5 Å². The van der Waals surface area contributed by atoms with E-state index in [9.17, 15) is 5.11 Å². The number of rotatable bonds is 7. The lowest BCUT2D eigenvalue weighted by atomic mass is 10.1. The molecule has 0 radical (unpaired) electrons. The number of ether oxygens (including phenoxy) is 2. The van der Waals surface area contributed by atoms with Crippen LogP contribution in [-0.2, 0) is 7.05 Å². The second-order valence-corrected chi connectivity index (χ2v) is 5.56. The van der Waals surface area contributed by atoms with Crippen molar-refractivity contribution in [2.75, 3.05) is 20.8 Å². The Bertz CT molecular complexity index is 655. The predicted octanol–water partition coefficient (Wildman–Crippen LogP) is 2.13. The number of aryl methyl sites for hydroxylation is 1. The zero-order chi connectivity index (χ0) is 17.0. The zero-order valence-corrected chi connectivity index (χ0v) is 14.3. The Hall–Kier alpha value is -2.05. The molecule has 0 saturated carbocycles. The lowest BCUT2D eigenvalue weighted by molar-refractivity contribution is 0.166. The summed E-state index contributed by atoms with van der Waals surface area (Å²) in [6.45, 7) is 4.49. The molecule has 0 saturated heterocycles. The molecule has 0 aliphatic heterocycles. The van der Waals surface area contributed by atoms with E-state index in [1.54, 1.807) is 26.4 Å². The SMILES string of the molecule is COc1ccc(OC)c(C(O)CNC(C)c2cnn(C)c2C)c1. The average molecular weight is 319 g/mol. The van der Waals surface area contributed by atoms with Crippen molar-refractivity contribution >= 4 is 0 Å². The molecule has 0 fully saturated rings. The van der Waals surface area contributed by atoms with E-state index >= 15 is 0 Å². The van der Waals surface area contributed by atoms with Gasteiger partial charge in [-0.3, -0.25) is 4.68 Å². The van der Waals surface area contributed by atoms with Crippen LogP contribution in [0.2, 0.25) is 0 Å². The van der Waals surface area contributed by atoms with Gasteiger partial charge in [0.05, 0.1) is 26.5 Å². The summed E-state index contributed by atoms with van der Waals surface area (Å²) in [6, 6.07) is 5.50. The minimum atomic E-state index is -0.695. The van der Waals surface area contributed by atoms with Crippen molar-refractivity contribution in [2.24, 2.45) is 7.05 Å². The Labute approximate surface area is 137 Å². The zero-order valence-electron chi connectivity index (χ0n) is 14.3. The van der Waals surface area contributed by atoms with Gasteiger partial charge in [-0.05, 0) is 32.0 Å². The van der Waals surface area contributed by atoms with Gasteiger partial charge in [-0.1, -0.05) is 0 Å². The molecule has 0 bridgehead atoms. The summed E-state index contributed by atoms with van der Waals surface area (Å²) in [6.07, 6.45) is 1.16. The summed E-state index contributed by atoms with van der Waals surface area (Å²) in [5.74, 6) is 1.33. The van der Waals surface area contributed by atoms with Crippen LogP contribution in [0.3, 0.4) is 0 Å². The lowest BCUT2D eigenvalue weighted by Gasteiger charge is -2.19. The monoisotopic (exact) mass is 319 g/mol. The number of aliphatic hydroxyl groups is 1. The van der Waals surface area contributed by atoms with Crippen molar-refractivity contribution in [1.29, 1.82) is 0 Å². The van der Waals surface area contributed by atoms with E-state index in [0.717, 1.165) is 11.3 Å². The highest BCUT2D eigenvalue weighted by Gasteiger charge is 2.17. The maximum Gasteiger partial charge on any atom is 0.124 e. The maximum atomic E-state index is 10.5. The van der Waals surface area contributed by atoms with Gasteiger partial charge in [-0.15, -0.1) is 0 Å². The van der Waals surface area contributed by atoms with Crippen LogP contribution in [-0.4, -0.2) is 35.7 Å². The van der Waals surface area contributed by atoms with Crippen molar-refractivity contribution in [3.05, 3.63) is 41.2 Å². The van der Waals surface area contributed by atoms with Crippen LogP contribution in [0.25, 0.3) is 0 Å². The number of nitrogens with zero attached hydrogens (tertiary/aromatic N) is 2. The quantitative estimate of drug-likeness (QED) is 0.818. The van der Waals surface area contributed by atoms with Gasteiger partial charge in [0.15, 0.2) is 0 Å². The molecule has 1 heterocycles. The largest absolute Gasteiger partial charge is 0.497 e. The number of nitrogens with one attached hydrogen (secondary N) is 1. The first-order valence-corrected chi connectivity index (χ1v) is 7.59. The average Bonchev–Trinajstić information content (AvgIpc) is 2.91. The lowest BCUT2D eigenvalue weighted by Crippen LogP contribution is -2.25. The van der Waals surface area contributed by atoms with E-state index in [0.29, 0.717) is 23.6 Å². The van der Waals surface area contributed by atoms with Crippen LogP contribution in [0, 0.1) is 6.92 Å². The van der Waals surface area contributed by atoms with Crippen LogP contribution < -0.4 is 14.8 Å². The highest BCUT2D eigenvalue weighted by Crippen LogP contribution is 2.29. The molecule has 2 unspecified atom stereocenters. The molecule has 2 rings (SSSR count). The normalized spacial score (nSPS) is 13.7. The molecule has 23 heavy (non-hydrogen) atoms. The fraction of sp³-hybridized carbons (Fsp3) is 0.471. The smallest absolute Gasteiger partial charge is 0.124 e. The molecule has 0 aliphatic carbocycles. The molecule has 0 spiro atoms. The molecule has 126 valence electrons. The van der Waals surface area contributed by atoms with Crippen molar-refractivity contribution in [2.45, 2.75) is 26.0 Å². The number of benzene rings is 1. The van der Waals surface area contributed by atoms with Gasteiger partial charge in [0.2, 0.25) is 0 Å². The van der Waals surface area contributed by atoms with Gasteiger partial charge >= 0.3 is 0 Å². The molecule has 0 amide bonds. The second-order valence-electron chi connectivity index (χ2n) is 5.56. The fourth-order valence-corrected chi connectivity index (χ4v) is 2.55.